The first-order valence-corrected chi connectivity index (χ1v) is 11.2. The van der Waals surface area contributed by atoms with Crippen LogP contribution in [0.4, 0.5) is 5.69 Å². The fraction of sp³-hybridized carbons (Fsp3) is 0.520. The average molecular weight is 394 g/mol. The molecule has 4 rings (SSSR count). The number of piperazine rings is 1. The number of hydrogen-bond acceptors (Lipinski definition) is 4. The Kier molecular flexibility index (Phi) is 7.07. The lowest BCUT2D eigenvalue weighted by molar-refractivity contribution is 0.0920. The van der Waals surface area contributed by atoms with E-state index in [4.69, 9.17) is 4.74 Å². The zero-order chi connectivity index (χ0) is 19.9. The minimum absolute atomic E-state index is 0.722. The Bertz CT molecular complexity index is 743. The van der Waals surface area contributed by atoms with Crippen molar-refractivity contribution in [2.45, 2.75) is 31.7 Å². The molecule has 4 nitrogen and oxygen atoms in total. The highest BCUT2D eigenvalue weighted by molar-refractivity contribution is 5.58. The highest BCUT2D eigenvalue weighted by atomic mass is 16.5. The monoisotopic (exact) mass is 393 g/mol. The van der Waals surface area contributed by atoms with Gasteiger partial charge in [-0.15, -0.1) is 0 Å². The summed E-state index contributed by atoms with van der Waals surface area (Å²) in [6, 6.07) is 20.0. The van der Waals surface area contributed by atoms with Gasteiger partial charge in [0.05, 0.1) is 12.8 Å². The van der Waals surface area contributed by atoms with E-state index in [1.54, 1.807) is 7.11 Å². The van der Waals surface area contributed by atoms with E-state index in [2.05, 4.69) is 63.2 Å². The third kappa shape index (κ3) is 5.31. The smallest absolute Gasteiger partial charge is 0.142 e. The van der Waals surface area contributed by atoms with Gasteiger partial charge in [-0.2, -0.15) is 0 Å². The second-order valence-electron chi connectivity index (χ2n) is 8.38. The van der Waals surface area contributed by atoms with Gasteiger partial charge in [0.25, 0.3) is 0 Å². The van der Waals surface area contributed by atoms with Crippen LogP contribution in [0.2, 0.25) is 0 Å². The lowest BCUT2D eigenvalue weighted by Crippen LogP contribution is -2.55. The summed E-state index contributed by atoms with van der Waals surface area (Å²) in [6.45, 7) is 8.22. The second kappa shape index (κ2) is 10.1. The fourth-order valence-electron chi connectivity index (χ4n) is 4.90. The molecule has 156 valence electrons. The van der Waals surface area contributed by atoms with E-state index in [0.29, 0.717) is 0 Å². The number of ether oxygens (including phenoxy) is 1. The summed E-state index contributed by atoms with van der Waals surface area (Å²) in [6.07, 6.45) is 5.14. The highest BCUT2D eigenvalue weighted by Crippen LogP contribution is 2.29. The molecule has 0 bridgehead atoms. The summed E-state index contributed by atoms with van der Waals surface area (Å²) >= 11 is 0. The Labute approximate surface area is 176 Å². The van der Waals surface area contributed by atoms with Crippen molar-refractivity contribution in [3.05, 3.63) is 60.2 Å². The first-order chi connectivity index (χ1) is 14.3. The maximum Gasteiger partial charge on any atom is 0.142 e. The third-order valence-electron chi connectivity index (χ3n) is 6.52. The Morgan fingerprint density at radius 3 is 2.45 bits per heavy atom. The lowest BCUT2D eigenvalue weighted by Gasteiger charge is -2.44. The van der Waals surface area contributed by atoms with Gasteiger partial charge in [0.1, 0.15) is 5.75 Å². The molecule has 29 heavy (non-hydrogen) atoms. The fourth-order valence-corrected chi connectivity index (χ4v) is 4.90. The molecule has 1 unspecified atom stereocenters. The van der Waals surface area contributed by atoms with Crippen molar-refractivity contribution in [3.63, 3.8) is 0 Å². The molecule has 1 atom stereocenters. The molecule has 0 aromatic heterocycles. The highest BCUT2D eigenvalue weighted by Gasteiger charge is 2.28. The first kappa shape index (κ1) is 20.2. The number of rotatable bonds is 7. The summed E-state index contributed by atoms with van der Waals surface area (Å²) in [4.78, 5) is 7.91. The number of methoxy groups -OCH3 is 1. The SMILES string of the molecule is COc1ccccc1N1CCN(C2CCCN(CCCc3ccccc3)C2)CC1. The maximum absolute atomic E-state index is 5.56. The molecule has 0 amide bonds. The normalized spacial score (nSPS) is 21.3. The molecular weight excluding hydrogens is 358 g/mol. The number of benzene rings is 2. The Morgan fingerprint density at radius 2 is 1.66 bits per heavy atom. The molecule has 4 heteroatoms. The van der Waals surface area contributed by atoms with E-state index in [9.17, 15) is 0 Å². The van der Waals surface area contributed by atoms with Crippen molar-refractivity contribution < 1.29 is 4.74 Å². The van der Waals surface area contributed by atoms with Crippen LogP contribution < -0.4 is 9.64 Å². The van der Waals surface area contributed by atoms with Crippen molar-refractivity contribution in [3.8, 4) is 5.75 Å². The van der Waals surface area contributed by atoms with E-state index >= 15 is 0 Å². The van der Waals surface area contributed by atoms with Gasteiger partial charge < -0.3 is 14.5 Å². The van der Waals surface area contributed by atoms with Crippen LogP contribution in [0.5, 0.6) is 5.75 Å². The molecular formula is C25H35N3O. The summed E-state index contributed by atoms with van der Waals surface area (Å²) in [5.74, 6) is 0.989. The number of piperidine rings is 1. The van der Waals surface area contributed by atoms with Crippen LogP contribution in [0, 0.1) is 0 Å². The van der Waals surface area contributed by atoms with Crippen molar-refractivity contribution in [2.75, 3.05) is 57.8 Å². The van der Waals surface area contributed by atoms with Crippen LogP contribution in [0.15, 0.2) is 54.6 Å². The third-order valence-corrected chi connectivity index (χ3v) is 6.52. The molecule has 0 aliphatic carbocycles. The number of likely N-dealkylation sites (tertiary alicyclic amines) is 1. The van der Waals surface area contributed by atoms with E-state index in [0.717, 1.165) is 38.0 Å². The van der Waals surface area contributed by atoms with Crippen LogP contribution in [-0.2, 0) is 6.42 Å². The van der Waals surface area contributed by atoms with Crippen molar-refractivity contribution >= 4 is 5.69 Å². The molecule has 2 fully saturated rings. The Balaban J connectivity index is 1.24. The van der Waals surface area contributed by atoms with Crippen LogP contribution in [0.3, 0.4) is 0 Å². The molecule has 2 aliphatic heterocycles. The van der Waals surface area contributed by atoms with Gasteiger partial charge >= 0.3 is 0 Å². The molecule has 0 saturated carbocycles. The minimum Gasteiger partial charge on any atom is -0.495 e. The molecule has 2 aromatic rings. The summed E-state index contributed by atoms with van der Waals surface area (Å²) in [5.41, 5.74) is 2.70. The molecule has 2 heterocycles. The van der Waals surface area contributed by atoms with E-state index < -0.39 is 0 Å². The molecule has 0 N–H and O–H groups in total. The van der Waals surface area contributed by atoms with Crippen LogP contribution >= 0.6 is 0 Å². The van der Waals surface area contributed by atoms with Crippen LogP contribution in [0.1, 0.15) is 24.8 Å². The number of anilines is 1. The standard InChI is InChI=1S/C25H35N3O/c1-29-25-14-6-5-13-24(25)28-19-17-27(18-20-28)23-12-8-16-26(21-23)15-7-11-22-9-3-2-4-10-22/h2-6,9-10,13-14,23H,7-8,11-12,15-21H2,1H3. The second-order valence-corrected chi connectivity index (χ2v) is 8.38. The molecule has 0 spiro atoms. The first-order valence-electron chi connectivity index (χ1n) is 11.2. The van der Waals surface area contributed by atoms with Gasteiger partial charge in [-0.05, 0) is 56.5 Å². The molecule has 2 aliphatic rings. The largest absolute Gasteiger partial charge is 0.495 e. The lowest BCUT2D eigenvalue weighted by atomic mass is 10.0. The Hall–Kier alpha value is -2.04. The van der Waals surface area contributed by atoms with E-state index in [-0.39, 0.29) is 0 Å². The number of aryl methyl sites for hydroxylation is 1. The van der Waals surface area contributed by atoms with E-state index in [1.165, 1.54) is 56.6 Å². The summed E-state index contributed by atoms with van der Waals surface area (Å²) in [5, 5.41) is 0. The zero-order valence-electron chi connectivity index (χ0n) is 17.8. The van der Waals surface area contributed by atoms with E-state index in [1.807, 2.05) is 6.07 Å². The molecule has 0 radical (unpaired) electrons. The topological polar surface area (TPSA) is 19.0 Å². The minimum atomic E-state index is 0.722. The Morgan fingerprint density at radius 1 is 0.897 bits per heavy atom. The summed E-state index contributed by atoms with van der Waals surface area (Å²) in [7, 11) is 1.77. The molecule has 2 saturated heterocycles. The number of para-hydroxylation sites is 2. The quantitative estimate of drug-likeness (QED) is 0.710. The van der Waals surface area contributed by atoms with Gasteiger partial charge in [-0.3, -0.25) is 4.90 Å². The maximum atomic E-state index is 5.56. The van der Waals surface area contributed by atoms with Crippen LogP contribution in [-0.4, -0.2) is 68.8 Å². The number of hydrogen-bond donors (Lipinski definition) is 0. The zero-order valence-corrected chi connectivity index (χ0v) is 17.8. The van der Waals surface area contributed by atoms with Crippen molar-refractivity contribution in [1.82, 2.24) is 9.80 Å². The summed E-state index contributed by atoms with van der Waals surface area (Å²) < 4.78 is 5.56. The predicted octanol–water partition coefficient (Wildman–Crippen LogP) is 3.91. The van der Waals surface area contributed by atoms with Gasteiger partial charge in [0, 0.05) is 38.8 Å². The molecule has 2 aromatic carbocycles. The van der Waals surface area contributed by atoms with Crippen molar-refractivity contribution in [2.24, 2.45) is 0 Å². The van der Waals surface area contributed by atoms with Crippen molar-refractivity contribution in [1.29, 1.82) is 0 Å². The predicted molar refractivity (Wildman–Crippen MR) is 121 cm³/mol. The average Bonchev–Trinajstić information content (AvgIpc) is 2.80. The van der Waals surface area contributed by atoms with Gasteiger partial charge in [0.15, 0.2) is 0 Å². The van der Waals surface area contributed by atoms with Gasteiger partial charge in [-0.25, -0.2) is 0 Å². The van der Waals surface area contributed by atoms with Gasteiger partial charge in [-0.1, -0.05) is 42.5 Å². The van der Waals surface area contributed by atoms with Crippen LogP contribution in [0.25, 0.3) is 0 Å². The number of nitrogens with zero attached hydrogens (tertiary/aromatic N) is 3. The van der Waals surface area contributed by atoms with Gasteiger partial charge in [0.2, 0.25) is 0 Å².